The summed E-state index contributed by atoms with van der Waals surface area (Å²) in [5, 5.41) is 0. The van der Waals surface area contributed by atoms with E-state index in [1.54, 1.807) is 31.2 Å². The molecule has 0 saturated heterocycles. The summed E-state index contributed by atoms with van der Waals surface area (Å²) in [6.07, 6.45) is 4.42. The predicted molar refractivity (Wildman–Crippen MR) is 111 cm³/mol. The van der Waals surface area contributed by atoms with Crippen molar-refractivity contribution >= 4 is 40.7 Å². The van der Waals surface area contributed by atoms with E-state index in [1.807, 2.05) is 0 Å². The number of carbonyl (C=O) groups excluding carboxylic acids is 2. The van der Waals surface area contributed by atoms with Gasteiger partial charge < -0.3 is 24.0 Å². The molecule has 0 saturated carbocycles. The molecule has 0 amide bonds. The Kier molecular flexibility index (Phi) is 5.38. The van der Waals surface area contributed by atoms with Gasteiger partial charge in [-0.05, 0) is 31.2 Å². The molecule has 1 aliphatic rings. The Morgan fingerprint density at radius 2 is 1.94 bits per heavy atom. The molecule has 2 N–H and O–H groups in total. The molecule has 31 heavy (non-hydrogen) atoms. The van der Waals surface area contributed by atoms with Crippen LogP contribution in [0.25, 0.3) is 17.5 Å². The molecule has 3 aromatic rings. The first-order chi connectivity index (χ1) is 15.0. The number of ether oxygens (including phenoxy) is 2. The largest absolute Gasteiger partial charge is 0.468 e. The zero-order chi connectivity index (χ0) is 22.1. The van der Waals surface area contributed by atoms with Crippen molar-refractivity contribution in [3.05, 3.63) is 73.4 Å². The molecule has 160 valence electrons. The lowest BCUT2D eigenvalue weighted by atomic mass is 9.87. The zero-order valence-corrected chi connectivity index (χ0v) is 17.4. The van der Waals surface area contributed by atoms with Crippen molar-refractivity contribution in [3.63, 3.8) is 0 Å². The van der Waals surface area contributed by atoms with Crippen LogP contribution in [0.4, 0.5) is 0 Å². The fraction of sp³-hybridized carbons (Fsp3) is 0.190. The van der Waals surface area contributed by atoms with Crippen LogP contribution >= 0.6 is 11.3 Å². The number of nitrogens with zero attached hydrogens (tertiary/aromatic N) is 1. The molecule has 3 aromatic heterocycles. The molecule has 4 rings (SSSR count). The lowest BCUT2D eigenvalue weighted by molar-refractivity contribution is -0.136. The van der Waals surface area contributed by atoms with Crippen LogP contribution < -0.4 is 20.5 Å². The summed E-state index contributed by atoms with van der Waals surface area (Å²) in [4.78, 5) is 38.9. The van der Waals surface area contributed by atoms with Crippen LogP contribution in [0.3, 0.4) is 0 Å². The number of rotatable bonds is 5. The topological polar surface area (TPSA) is 127 Å². The molecule has 9 nitrogen and oxygen atoms in total. The summed E-state index contributed by atoms with van der Waals surface area (Å²) in [5.74, 6) is -1.90. The summed E-state index contributed by atoms with van der Waals surface area (Å²) in [5.41, 5.74) is 5.76. The third kappa shape index (κ3) is 3.40. The number of fused-ring (bicyclic) bond motifs is 1. The third-order valence-corrected chi connectivity index (χ3v) is 5.80. The Morgan fingerprint density at radius 1 is 1.19 bits per heavy atom. The highest BCUT2D eigenvalue weighted by Gasteiger charge is 2.41. The van der Waals surface area contributed by atoms with Gasteiger partial charge in [0.05, 0.1) is 47.8 Å². The Balaban J connectivity index is 2.13. The maximum atomic E-state index is 13.2. The van der Waals surface area contributed by atoms with E-state index in [0.717, 1.165) is 15.9 Å². The molecule has 10 heteroatoms. The van der Waals surface area contributed by atoms with E-state index < -0.39 is 23.4 Å². The molecule has 0 fully saturated rings. The summed E-state index contributed by atoms with van der Waals surface area (Å²) < 4.78 is 22.6. The van der Waals surface area contributed by atoms with Crippen LogP contribution in [0, 0.1) is 0 Å². The third-order valence-electron chi connectivity index (χ3n) is 4.69. The molecule has 0 radical (unpaired) electrons. The molecular formula is C21H18N2O7S. The fourth-order valence-corrected chi connectivity index (χ4v) is 4.55. The van der Waals surface area contributed by atoms with E-state index in [4.69, 9.17) is 24.0 Å². The highest BCUT2D eigenvalue weighted by atomic mass is 32.1. The van der Waals surface area contributed by atoms with Gasteiger partial charge in [0.1, 0.15) is 22.0 Å². The molecule has 0 bridgehead atoms. The first-order valence-electron chi connectivity index (χ1n) is 9.28. The monoisotopic (exact) mass is 442 g/mol. The van der Waals surface area contributed by atoms with E-state index in [-0.39, 0.29) is 38.5 Å². The first-order valence-corrected chi connectivity index (χ1v) is 10.1. The van der Waals surface area contributed by atoms with Crippen LogP contribution in [0.15, 0.2) is 56.0 Å². The smallest absolute Gasteiger partial charge is 0.338 e. The van der Waals surface area contributed by atoms with Crippen molar-refractivity contribution in [3.8, 4) is 0 Å². The lowest BCUT2D eigenvalue weighted by Gasteiger charge is -2.24. The minimum absolute atomic E-state index is 0.0626. The number of methoxy groups -OCH3 is 1. The maximum absolute atomic E-state index is 13.2. The fourth-order valence-electron chi connectivity index (χ4n) is 3.41. The highest BCUT2D eigenvalue weighted by Crippen LogP contribution is 2.37. The Morgan fingerprint density at radius 3 is 2.55 bits per heavy atom. The summed E-state index contributed by atoms with van der Waals surface area (Å²) in [7, 11) is 1.19. The zero-order valence-electron chi connectivity index (χ0n) is 16.6. The van der Waals surface area contributed by atoms with E-state index in [1.165, 1.54) is 25.7 Å². The van der Waals surface area contributed by atoms with Crippen molar-refractivity contribution in [1.82, 2.24) is 4.57 Å². The number of furan rings is 2. The van der Waals surface area contributed by atoms with Crippen molar-refractivity contribution in [1.29, 1.82) is 0 Å². The number of nitrogens with two attached hydrogens (primary N) is 1. The van der Waals surface area contributed by atoms with Crippen LogP contribution in [-0.4, -0.2) is 30.2 Å². The van der Waals surface area contributed by atoms with Crippen LogP contribution in [0.1, 0.15) is 24.4 Å². The maximum Gasteiger partial charge on any atom is 0.338 e. The lowest BCUT2D eigenvalue weighted by Crippen LogP contribution is -2.41. The molecular weight excluding hydrogens is 424 g/mol. The Hall–Kier alpha value is -3.79. The molecule has 1 aliphatic heterocycles. The number of thiazole rings is 1. The van der Waals surface area contributed by atoms with Gasteiger partial charge in [0, 0.05) is 6.08 Å². The quantitative estimate of drug-likeness (QED) is 0.573. The van der Waals surface area contributed by atoms with E-state index in [2.05, 4.69) is 0 Å². The van der Waals surface area contributed by atoms with Gasteiger partial charge >= 0.3 is 11.9 Å². The van der Waals surface area contributed by atoms with Crippen molar-refractivity contribution in [2.24, 2.45) is 5.73 Å². The normalized spacial score (nSPS) is 16.4. The van der Waals surface area contributed by atoms with Crippen molar-refractivity contribution < 1.29 is 27.9 Å². The van der Waals surface area contributed by atoms with Gasteiger partial charge in [-0.1, -0.05) is 0 Å². The van der Waals surface area contributed by atoms with E-state index in [9.17, 15) is 14.4 Å². The van der Waals surface area contributed by atoms with Gasteiger partial charge in [0.2, 0.25) is 0 Å². The molecule has 1 atom stereocenters. The first kappa shape index (κ1) is 20.5. The average molecular weight is 442 g/mol. The number of hydrogen-bond acceptors (Lipinski definition) is 9. The number of carbonyl (C=O) groups is 2. The second kappa shape index (κ2) is 8.15. The minimum Gasteiger partial charge on any atom is -0.468 e. The van der Waals surface area contributed by atoms with Crippen LogP contribution in [0.2, 0.25) is 0 Å². The summed E-state index contributed by atoms with van der Waals surface area (Å²) in [6, 6.07) is 6.60. The van der Waals surface area contributed by atoms with Crippen molar-refractivity contribution in [2.75, 3.05) is 13.7 Å². The summed E-state index contributed by atoms with van der Waals surface area (Å²) in [6.45, 7) is 1.76. The molecule has 0 aliphatic carbocycles. The predicted octanol–water partition coefficient (Wildman–Crippen LogP) is 0.736. The van der Waals surface area contributed by atoms with Gasteiger partial charge in [0.25, 0.3) is 5.56 Å². The van der Waals surface area contributed by atoms with Crippen LogP contribution in [-0.2, 0) is 19.1 Å². The number of aromatic nitrogens is 1. The van der Waals surface area contributed by atoms with Gasteiger partial charge in [0.15, 0.2) is 0 Å². The Labute approximate surface area is 179 Å². The average Bonchev–Trinajstić information content (AvgIpc) is 3.50. The second-order valence-electron chi connectivity index (χ2n) is 6.44. The molecule has 0 spiro atoms. The van der Waals surface area contributed by atoms with Gasteiger partial charge in [-0.2, -0.15) is 0 Å². The molecule has 1 unspecified atom stereocenters. The highest BCUT2D eigenvalue weighted by molar-refractivity contribution is 7.07. The molecule has 0 aromatic carbocycles. The minimum atomic E-state index is -1.00. The standard InChI is InChI=1S/C21H18N2O7S/c1-3-28-21(26)16-14(12-7-5-9-30-12)15(20(25)27-2)17(22)23-18(24)13(31-19(16)23)10-11-6-4-8-29-11/h4-10,14H,3,22H2,1-2H3/b13-10+. The van der Waals surface area contributed by atoms with Crippen molar-refractivity contribution in [2.45, 2.75) is 12.8 Å². The van der Waals surface area contributed by atoms with Gasteiger partial charge in [-0.15, -0.1) is 11.3 Å². The summed E-state index contributed by atoms with van der Waals surface area (Å²) >= 11 is 1.04. The SMILES string of the molecule is CCOC(=O)C1=c2s/c(=C/c3ccco3)c(=O)n2C(N)=C(C(=O)OC)C1c1ccco1. The Bertz CT molecular complexity index is 1340. The van der Waals surface area contributed by atoms with Gasteiger partial charge in [-0.25, -0.2) is 9.59 Å². The second-order valence-corrected chi connectivity index (χ2v) is 7.48. The van der Waals surface area contributed by atoms with Gasteiger partial charge in [-0.3, -0.25) is 9.36 Å². The number of hydrogen-bond donors (Lipinski definition) is 1. The van der Waals surface area contributed by atoms with E-state index >= 15 is 0 Å². The number of esters is 2. The molecule has 4 heterocycles. The van der Waals surface area contributed by atoms with Crippen LogP contribution in [0.5, 0.6) is 0 Å². The van der Waals surface area contributed by atoms with E-state index in [0.29, 0.717) is 5.76 Å².